The smallest absolute Gasteiger partial charge is 0.251 e. The van der Waals surface area contributed by atoms with E-state index >= 15 is 0 Å². The average molecular weight is 265 g/mol. The number of aryl methyl sites for hydroxylation is 1. The fraction of sp³-hybridized carbons (Fsp3) is 0.125. The molecule has 0 bridgehead atoms. The second-order valence-electron chi connectivity index (χ2n) is 4.64. The Bertz CT molecular complexity index is 772. The van der Waals surface area contributed by atoms with Crippen LogP contribution in [0.25, 0.3) is 16.6 Å². The van der Waals surface area contributed by atoms with Gasteiger partial charge in [-0.25, -0.2) is 4.68 Å². The minimum absolute atomic E-state index is 0.0851. The van der Waals surface area contributed by atoms with E-state index in [2.05, 4.69) is 16.5 Å². The lowest BCUT2D eigenvalue weighted by molar-refractivity contribution is 0.0963. The standard InChI is InChI=1S/C16H15N3O/c1-11-14-5-3-4-6-15(14)19(18-11)13-9-7-12(8-10-13)16(20)17-2/h3-10H,1-2H3,(H,17,20). The van der Waals surface area contributed by atoms with Crippen LogP contribution in [0, 0.1) is 6.92 Å². The lowest BCUT2D eigenvalue weighted by atomic mass is 10.2. The molecule has 4 heteroatoms. The molecule has 0 saturated carbocycles. The quantitative estimate of drug-likeness (QED) is 0.774. The van der Waals surface area contributed by atoms with Crippen molar-refractivity contribution < 1.29 is 4.79 Å². The highest BCUT2D eigenvalue weighted by atomic mass is 16.1. The molecule has 0 radical (unpaired) electrons. The summed E-state index contributed by atoms with van der Waals surface area (Å²) in [5.41, 5.74) is 3.65. The number of carbonyl (C=O) groups excluding carboxylic acids is 1. The van der Waals surface area contributed by atoms with E-state index in [1.807, 2.05) is 41.9 Å². The molecule has 20 heavy (non-hydrogen) atoms. The van der Waals surface area contributed by atoms with Gasteiger partial charge in [-0.3, -0.25) is 4.79 Å². The monoisotopic (exact) mass is 265 g/mol. The van der Waals surface area contributed by atoms with Crippen molar-refractivity contribution in [3.05, 3.63) is 59.8 Å². The van der Waals surface area contributed by atoms with Gasteiger partial charge in [0.05, 0.1) is 16.9 Å². The number of aromatic nitrogens is 2. The molecule has 0 aliphatic rings. The minimum atomic E-state index is -0.0851. The van der Waals surface area contributed by atoms with Gasteiger partial charge < -0.3 is 5.32 Å². The Morgan fingerprint density at radius 2 is 1.80 bits per heavy atom. The first-order valence-corrected chi connectivity index (χ1v) is 6.47. The number of hydrogen-bond donors (Lipinski definition) is 1. The highest BCUT2D eigenvalue weighted by molar-refractivity contribution is 5.94. The van der Waals surface area contributed by atoms with Crippen molar-refractivity contribution in [3.8, 4) is 5.69 Å². The number of nitrogens with one attached hydrogen (secondary N) is 1. The number of para-hydroxylation sites is 1. The summed E-state index contributed by atoms with van der Waals surface area (Å²) in [6, 6.07) is 15.5. The van der Waals surface area contributed by atoms with E-state index in [0.717, 1.165) is 22.3 Å². The van der Waals surface area contributed by atoms with Gasteiger partial charge in [0.15, 0.2) is 0 Å². The molecule has 3 rings (SSSR count). The highest BCUT2D eigenvalue weighted by Gasteiger charge is 2.09. The van der Waals surface area contributed by atoms with Crippen LogP contribution in [0.3, 0.4) is 0 Å². The van der Waals surface area contributed by atoms with Crippen LogP contribution in [0.1, 0.15) is 16.1 Å². The summed E-state index contributed by atoms with van der Waals surface area (Å²) < 4.78 is 1.90. The van der Waals surface area contributed by atoms with Crippen molar-refractivity contribution >= 4 is 16.8 Å². The highest BCUT2D eigenvalue weighted by Crippen LogP contribution is 2.21. The molecule has 3 aromatic rings. The number of rotatable bonds is 2. The molecule has 0 fully saturated rings. The minimum Gasteiger partial charge on any atom is -0.355 e. The van der Waals surface area contributed by atoms with Gasteiger partial charge in [0.2, 0.25) is 0 Å². The maximum Gasteiger partial charge on any atom is 0.251 e. The number of fused-ring (bicyclic) bond motifs is 1. The van der Waals surface area contributed by atoms with Crippen LogP contribution < -0.4 is 5.32 Å². The van der Waals surface area contributed by atoms with Gasteiger partial charge in [0, 0.05) is 18.0 Å². The summed E-state index contributed by atoms with van der Waals surface area (Å²) in [7, 11) is 1.63. The number of nitrogens with zero attached hydrogens (tertiary/aromatic N) is 2. The van der Waals surface area contributed by atoms with E-state index in [1.165, 1.54) is 0 Å². The van der Waals surface area contributed by atoms with E-state index in [-0.39, 0.29) is 5.91 Å². The summed E-state index contributed by atoms with van der Waals surface area (Å²) in [6.45, 7) is 2.00. The van der Waals surface area contributed by atoms with Crippen LogP contribution in [0.2, 0.25) is 0 Å². The van der Waals surface area contributed by atoms with E-state index in [9.17, 15) is 4.79 Å². The zero-order valence-corrected chi connectivity index (χ0v) is 11.4. The summed E-state index contributed by atoms with van der Waals surface area (Å²) in [5.74, 6) is -0.0851. The van der Waals surface area contributed by atoms with Crippen molar-refractivity contribution in [2.24, 2.45) is 0 Å². The van der Waals surface area contributed by atoms with E-state index in [1.54, 1.807) is 19.2 Å². The van der Waals surface area contributed by atoms with Crippen LogP contribution in [0.15, 0.2) is 48.5 Å². The predicted octanol–water partition coefficient (Wildman–Crippen LogP) is 2.69. The van der Waals surface area contributed by atoms with Crippen molar-refractivity contribution in [3.63, 3.8) is 0 Å². The van der Waals surface area contributed by atoms with E-state index in [4.69, 9.17) is 0 Å². The summed E-state index contributed by atoms with van der Waals surface area (Å²) in [6.07, 6.45) is 0. The molecule has 1 amide bonds. The summed E-state index contributed by atoms with van der Waals surface area (Å²) in [5, 5.41) is 8.33. The normalized spacial score (nSPS) is 10.7. The van der Waals surface area contributed by atoms with Gasteiger partial charge in [0.1, 0.15) is 0 Å². The Labute approximate surface area is 117 Å². The van der Waals surface area contributed by atoms with Crippen LogP contribution in [-0.4, -0.2) is 22.7 Å². The second kappa shape index (κ2) is 4.81. The van der Waals surface area contributed by atoms with Gasteiger partial charge in [-0.05, 0) is 37.3 Å². The lowest BCUT2D eigenvalue weighted by Crippen LogP contribution is -2.17. The summed E-state index contributed by atoms with van der Waals surface area (Å²) >= 11 is 0. The Hall–Kier alpha value is -2.62. The molecule has 0 unspecified atom stereocenters. The van der Waals surface area contributed by atoms with Gasteiger partial charge in [0.25, 0.3) is 5.91 Å². The van der Waals surface area contributed by atoms with Crippen molar-refractivity contribution in [2.45, 2.75) is 6.92 Å². The fourth-order valence-corrected chi connectivity index (χ4v) is 2.32. The third kappa shape index (κ3) is 1.95. The summed E-state index contributed by atoms with van der Waals surface area (Å²) in [4.78, 5) is 11.5. The SMILES string of the molecule is CNC(=O)c1ccc(-n2nc(C)c3ccccc32)cc1. The Morgan fingerprint density at radius 1 is 1.10 bits per heavy atom. The molecule has 0 atom stereocenters. The molecule has 0 aliphatic carbocycles. The number of carbonyl (C=O) groups is 1. The van der Waals surface area contributed by atoms with Crippen LogP contribution in [0.4, 0.5) is 0 Å². The predicted molar refractivity (Wildman–Crippen MR) is 79.2 cm³/mol. The topological polar surface area (TPSA) is 46.9 Å². The number of hydrogen-bond acceptors (Lipinski definition) is 2. The molecular formula is C16H15N3O. The molecule has 2 aromatic carbocycles. The van der Waals surface area contributed by atoms with Crippen molar-refractivity contribution in [1.82, 2.24) is 15.1 Å². The third-order valence-corrected chi connectivity index (χ3v) is 3.37. The molecule has 1 aromatic heterocycles. The number of amides is 1. The Morgan fingerprint density at radius 3 is 2.50 bits per heavy atom. The van der Waals surface area contributed by atoms with E-state index < -0.39 is 0 Å². The van der Waals surface area contributed by atoms with Crippen molar-refractivity contribution in [1.29, 1.82) is 0 Å². The lowest BCUT2D eigenvalue weighted by Gasteiger charge is -2.05. The fourth-order valence-electron chi connectivity index (χ4n) is 2.32. The van der Waals surface area contributed by atoms with Crippen LogP contribution >= 0.6 is 0 Å². The van der Waals surface area contributed by atoms with E-state index in [0.29, 0.717) is 5.56 Å². The first kappa shape index (κ1) is 12.4. The number of benzene rings is 2. The molecular weight excluding hydrogens is 250 g/mol. The zero-order valence-electron chi connectivity index (χ0n) is 11.4. The molecule has 100 valence electrons. The molecule has 0 saturated heterocycles. The molecule has 0 aliphatic heterocycles. The Kier molecular flexibility index (Phi) is 2.99. The van der Waals surface area contributed by atoms with Gasteiger partial charge in [-0.1, -0.05) is 18.2 Å². The largest absolute Gasteiger partial charge is 0.355 e. The third-order valence-electron chi connectivity index (χ3n) is 3.37. The molecule has 4 nitrogen and oxygen atoms in total. The second-order valence-corrected chi connectivity index (χ2v) is 4.64. The zero-order chi connectivity index (χ0) is 14.1. The maximum atomic E-state index is 11.5. The van der Waals surface area contributed by atoms with Gasteiger partial charge >= 0.3 is 0 Å². The Balaban J connectivity index is 2.09. The van der Waals surface area contributed by atoms with Crippen LogP contribution in [0.5, 0.6) is 0 Å². The van der Waals surface area contributed by atoms with Gasteiger partial charge in [-0.2, -0.15) is 5.10 Å². The first-order chi connectivity index (χ1) is 9.70. The maximum absolute atomic E-state index is 11.5. The molecule has 1 heterocycles. The first-order valence-electron chi connectivity index (χ1n) is 6.47. The van der Waals surface area contributed by atoms with Crippen molar-refractivity contribution in [2.75, 3.05) is 7.05 Å². The van der Waals surface area contributed by atoms with Crippen LogP contribution in [-0.2, 0) is 0 Å². The molecule has 1 N–H and O–H groups in total. The average Bonchev–Trinajstić information content (AvgIpc) is 2.84. The molecule has 0 spiro atoms. The van der Waals surface area contributed by atoms with Gasteiger partial charge in [-0.15, -0.1) is 0 Å².